The number of fused-ring (bicyclic) bond motifs is 4. The maximum absolute atomic E-state index is 14.7. The van der Waals surface area contributed by atoms with Crippen molar-refractivity contribution in [3.63, 3.8) is 0 Å². The van der Waals surface area contributed by atoms with E-state index in [1.165, 1.54) is 18.2 Å². The molecule has 20 heteroatoms. The molecule has 5 aromatic carbocycles. The molecular formula is C34H16Br2F8NO8P. The maximum atomic E-state index is 14.7. The second-order valence-corrected chi connectivity index (χ2v) is 15.0. The van der Waals surface area contributed by atoms with Crippen LogP contribution in [0, 0.1) is 0 Å². The fourth-order valence-electron chi connectivity index (χ4n) is 6.56. The lowest BCUT2D eigenvalue weighted by Gasteiger charge is -2.36. The molecule has 9 nitrogen and oxygen atoms in total. The number of hydrogen-bond donors (Lipinski definition) is 6. The highest BCUT2D eigenvalue weighted by Crippen LogP contribution is 2.60. The summed E-state index contributed by atoms with van der Waals surface area (Å²) in [7, 11) is -0.806. The highest BCUT2D eigenvalue weighted by molar-refractivity contribution is 9.11. The number of phenolic OH excluding ortho intramolecular Hbond substituents is 6. The molecule has 0 unspecified atom stereocenters. The Labute approximate surface area is 314 Å². The smallest absolute Gasteiger partial charge is 0.388 e. The number of anilines is 3. The van der Waals surface area contributed by atoms with Crippen molar-refractivity contribution >= 4 is 68.1 Å². The van der Waals surface area contributed by atoms with Crippen LogP contribution >= 0.6 is 40.4 Å². The van der Waals surface area contributed by atoms with Gasteiger partial charge in [-0.1, -0.05) is 12.1 Å². The minimum Gasteiger partial charge on any atom is -0.506 e. The average molecular weight is 909 g/mol. The van der Waals surface area contributed by atoms with Gasteiger partial charge in [0.1, 0.15) is 31.8 Å². The van der Waals surface area contributed by atoms with Crippen LogP contribution in [0.3, 0.4) is 0 Å². The van der Waals surface area contributed by atoms with Crippen molar-refractivity contribution in [3.8, 4) is 56.8 Å². The third-order valence-corrected chi connectivity index (χ3v) is 12.0. The molecule has 0 aromatic heterocycles. The summed E-state index contributed by atoms with van der Waals surface area (Å²) in [4.78, 5) is 0.926. The molecule has 0 bridgehead atoms. The molecule has 280 valence electrons. The molecule has 0 amide bonds. The summed E-state index contributed by atoms with van der Waals surface area (Å²) in [6, 6.07) is 8.22. The molecule has 0 saturated heterocycles. The number of ether oxygens (including phenoxy) is 2. The van der Waals surface area contributed by atoms with Gasteiger partial charge in [0, 0.05) is 16.3 Å². The lowest BCUT2D eigenvalue weighted by Crippen LogP contribution is -2.28. The van der Waals surface area contributed by atoms with E-state index >= 15 is 0 Å². The largest absolute Gasteiger partial charge is 0.506 e. The molecule has 8 rings (SSSR count). The Morgan fingerprint density at radius 3 is 1.22 bits per heavy atom. The van der Waals surface area contributed by atoms with E-state index in [1.54, 1.807) is 0 Å². The Balaban J connectivity index is 1.46. The molecule has 3 aliphatic rings. The van der Waals surface area contributed by atoms with Crippen LogP contribution in [-0.4, -0.2) is 30.6 Å². The van der Waals surface area contributed by atoms with Gasteiger partial charge in [-0.15, -0.1) is 0 Å². The first kappa shape index (κ1) is 36.4. The molecule has 0 saturated carbocycles. The number of phenols is 6. The average Bonchev–Trinajstić information content (AvgIpc) is 3.43. The Morgan fingerprint density at radius 1 is 0.463 bits per heavy atom. The molecule has 6 N–H and O–H groups in total. The normalized spacial score (nSPS) is 18.2. The van der Waals surface area contributed by atoms with Crippen LogP contribution in [0.4, 0.5) is 52.2 Å². The zero-order valence-electron chi connectivity index (χ0n) is 25.9. The van der Waals surface area contributed by atoms with Gasteiger partial charge < -0.3 is 35.5 Å². The van der Waals surface area contributed by atoms with Crippen LogP contribution in [0.5, 0.6) is 34.5 Å². The molecule has 0 atom stereocenters. The van der Waals surface area contributed by atoms with E-state index in [0.29, 0.717) is 24.3 Å². The first-order valence-electron chi connectivity index (χ1n) is 14.9. The third kappa shape index (κ3) is 5.12. The number of halogens is 10. The summed E-state index contributed by atoms with van der Waals surface area (Å²) < 4.78 is 123. The van der Waals surface area contributed by atoms with Gasteiger partial charge >= 0.3 is 24.4 Å². The number of aromatic hydroxyl groups is 6. The van der Waals surface area contributed by atoms with Gasteiger partial charge in [0.2, 0.25) is 0 Å². The quantitative estimate of drug-likeness (QED) is 0.0443. The van der Waals surface area contributed by atoms with Gasteiger partial charge in [-0.3, -0.25) is 0 Å². The van der Waals surface area contributed by atoms with Gasteiger partial charge in [-0.2, -0.15) is 35.1 Å². The van der Waals surface area contributed by atoms with E-state index in [2.05, 4.69) is 41.3 Å². The molecule has 3 aliphatic heterocycles. The van der Waals surface area contributed by atoms with E-state index in [-0.39, 0.29) is 47.5 Å². The summed E-state index contributed by atoms with van der Waals surface area (Å²) in [5.74, 6) is -5.03. The van der Waals surface area contributed by atoms with Crippen LogP contribution in [0.25, 0.3) is 22.3 Å². The molecule has 0 fully saturated rings. The van der Waals surface area contributed by atoms with Crippen LogP contribution in [0.1, 0.15) is 22.3 Å². The van der Waals surface area contributed by atoms with Crippen molar-refractivity contribution in [1.82, 2.24) is 0 Å². The van der Waals surface area contributed by atoms with Gasteiger partial charge in [0.15, 0.2) is 23.0 Å². The molecule has 3 heterocycles. The second kappa shape index (κ2) is 11.5. The first-order valence-corrected chi connectivity index (χ1v) is 17.5. The second-order valence-electron chi connectivity index (χ2n) is 12.2. The monoisotopic (exact) mass is 907 g/mol. The van der Waals surface area contributed by atoms with E-state index in [9.17, 15) is 65.8 Å². The summed E-state index contributed by atoms with van der Waals surface area (Å²) in [6.07, 6.45) is -17.7. The topological polar surface area (TPSA) is 143 Å². The zero-order valence-corrected chi connectivity index (χ0v) is 30.1. The molecule has 0 spiro atoms. The van der Waals surface area contributed by atoms with Crippen molar-refractivity contribution in [3.05, 3.63) is 85.8 Å². The van der Waals surface area contributed by atoms with Crippen LogP contribution in [0.2, 0.25) is 0 Å². The predicted molar refractivity (Wildman–Crippen MR) is 183 cm³/mol. The van der Waals surface area contributed by atoms with Crippen LogP contribution in [0.15, 0.2) is 63.5 Å². The molecule has 0 aliphatic carbocycles. The van der Waals surface area contributed by atoms with Crippen LogP contribution in [-0.2, 0) is 33.9 Å². The lowest BCUT2D eigenvalue weighted by atomic mass is 9.93. The minimum atomic E-state index is -4.47. The predicted octanol–water partition coefficient (Wildman–Crippen LogP) is 9.45. The van der Waals surface area contributed by atoms with Gasteiger partial charge in [-0.05, 0) is 105 Å². The SMILES string of the molecule is Oc1c(O)c2c(c(O)c1Br)Pc1c(O)c(Br)c(O)c(O)c1N2c1cc(-c2ccc3c(c2)C(F)(F)OC3(F)F)cc(-c2ccc3c(c2)C(F)(F)OC3(F)F)c1. The number of hydrogen-bond acceptors (Lipinski definition) is 9. The van der Waals surface area contributed by atoms with Gasteiger partial charge in [0.05, 0.1) is 22.3 Å². The number of rotatable bonds is 3. The van der Waals surface area contributed by atoms with E-state index in [1.807, 2.05) is 0 Å². The molecule has 0 radical (unpaired) electrons. The van der Waals surface area contributed by atoms with E-state index in [4.69, 9.17) is 0 Å². The Kier molecular flexibility index (Phi) is 7.75. The molecule has 5 aromatic rings. The Hall–Kier alpha value is -4.55. The van der Waals surface area contributed by atoms with Crippen molar-refractivity contribution < 1.29 is 75.2 Å². The summed E-state index contributed by atoms with van der Waals surface area (Å²) in [6.45, 7) is 0. The van der Waals surface area contributed by atoms with E-state index in [0.717, 1.165) is 17.0 Å². The fourth-order valence-corrected chi connectivity index (χ4v) is 9.13. The molecule has 54 heavy (non-hydrogen) atoms. The van der Waals surface area contributed by atoms with Crippen molar-refractivity contribution in [2.24, 2.45) is 0 Å². The summed E-state index contributed by atoms with van der Waals surface area (Å²) >= 11 is 5.93. The van der Waals surface area contributed by atoms with Gasteiger partial charge in [0.25, 0.3) is 0 Å². The summed E-state index contributed by atoms with van der Waals surface area (Å²) in [5, 5.41) is 66.0. The van der Waals surface area contributed by atoms with Crippen molar-refractivity contribution in [2.45, 2.75) is 24.4 Å². The van der Waals surface area contributed by atoms with E-state index < -0.39 is 101 Å². The summed E-state index contributed by atoms with van der Waals surface area (Å²) in [5.41, 5.74) is -6.66. The molecular weight excluding hydrogens is 893 g/mol. The highest BCUT2D eigenvalue weighted by atomic mass is 79.9. The van der Waals surface area contributed by atoms with Crippen molar-refractivity contribution in [2.75, 3.05) is 4.90 Å². The van der Waals surface area contributed by atoms with Crippen LogP contribution < -0.4 is 15.5 Å². The minimum absolute atomic E-state index is 0.142. The fraction of sp³-hybridized carbons (Fsp3) is 0.118. The Bertz CT molecular complexity index is 2360. The third-order valence-electron chi connectivity index (χ3n) is 9.02. The number of nitrogens with zero attached hydrogens (tertiary/aromatic N) is 1. The zero-order chi connectivity index (χ0) is 39.2. The number of alkyl halides is 8. The lowest BCUT2D eigenvalue weighted by molar-refractivity contribution is -0.370. The highest BCUT2D eigenvalue weighted by Gasteiger charge is 2.58. The number of benzene rings is 5. The van der Waals surface area contributed by atoms with Crippen molar-refractivity contribution in [1.29, 1.82) is 0 Å². The maximum Gasteiger partial charge on any atom is 0.388 e. The standard InChI is InChI=1S/C34H16Br2F8NO8P/c35-19-23(46)27(50)21-29(25(19)48)54-30-22(28(51)24(47)20(36)26(30)49)45(21)14-6-12(10-1-3-15-17(8-10)33(41,42)52-31(15,37)38)5-13(7-14)11-2-4-16-18(9-11)34(43,44)53-32(16,39)40/h1-9,46-51,54H. The Morgan fingerprint density at radius 2 is 0.833 bits per heavy atom. The van der Waals surface area contributed by atoms with Gasteiger partial charge in [-0.25, -0.2) is 9.47 Å². The first-order chi connectivity index (χ1) is 25.1.